The van der Waals surface area contributed by atoms with Gasteiger partial charge in [0, 0.05) is 50.4 Å². The lowest BCUT2D eigenvalue weighted by Gasteiger charge is -2.45. The maximum Gasteiger partial charge on any atom is 0.136 e. The summed E-state index contributed by atoms with van der Waals surface area (Å²) in [6, 6.07) is 3.03. The average molecular weight is 247 g/mol. The van der Waals surface area contributed by atoms with Crippen molar-refractivity contribution < 1.29 is 4.79 Å². The van der Waals surface area contributed by atoms with Gasteiger partial charge < -0.3 is 0 Å². The van der Waals surface area contributed by atoms with E-state index < -0.39 is 0 Å². The first kappa shape index (κ1) is 11.9. The third-order valence-electron chi connectivity index (χ3n) is 4.30. The van der Waals surface area contributed by atoms with Crippen LogP contribution >= 0.6 is 0 Å². The molecule has 0 radical (unpaired) electrons. The smallest absolute Gasteiger partial charge is 0.136 e. The predicted molar refractivity (Wildman–Crippen MR) is 69.2 cm³/mol. The summed E-state index contributed by atoms with van der Waals surface area (Å²) in [4.78, 5) is 14.2. The standard InChI is InChI=1S/C14H21N3O/c18-14-10-12-4-1-5-13(11-14)17(12)9-3-8-16-7-2-6-15-16/h2,6-7,12-13H,1,3-5,8-11H2. The number of hydrogen-bond donors (Lipinski definition) is 0. The van der Waals surface area contributed by atoms with E-state index in [9.17, 15) is 4.79 Å². The third kappa shape index (κ3) is 2.48. The Morgan fingerprint density at radius 1 is 1.22 bits per heavy atom. The monoisotopic (exact) mass is 247 g/mol. The number of nitrogens with zero attached hydrogens (tertiary/aromatic N) is 3. The highest BCUT2D eigenvalue weighted by Gasteiger charge is 2.36. The summed E-state index contributed by atoms with van der Waals surface area (Å²) in [6.45, 7) is 2.10. The molecule has 1 aromatic rings. The summed E-state index contributed by atoms with van der Waals surface area (Å²) in [6.07, 6.45) is 10.3. The summed E-state index contributed by atoms with van der Waals surface area (Å²) < 4.78 is 1.99. The van der Waals surface area contributed by atoms with Gasteiger partial charge in [-0.2, -0.15) is 5.10 Å². The lowest BCUT2D eigenvalue weighted by molar-refractivity contribution is -0.127. The molecular weight excluding hydrogens is 226 g/mol. The van der Waals surface area contributed by atoms with Gasteiger partial charge in [0.2, 0.25) is 0 Å². The molecule has 3 heterocycles. The number of Topliss-reactive ketones (excluding diaryl/α,β-unsaturated/α-hetero) is 1. The van der Waals surface area contributed by atoms with Gasteiger partial charge in [-0.15, -0.1) is 0 Å². The molecule has 3 rings (SSSR count). The molecule has 4 heteroatoms. The van der Waals surface area contributed by atoms with Crippen LogP contribution in [-0.4, -0.2) is 39.1 Å². The average Bonchev–Trinajstić information content (AvgIpc) is 2.83. The van der Waals surface area contributed by atoms with Gasteiger partial charge in [-0.05, 0) is 25.3 Å². The number of hydrogen-bond acceptors (Lipinski definition) is 3. The molecule has 0 N–H and O–H groups in total. The molecule has 0 spiro atoms. The minimum absolute atomic E-state index is 0.480. The van der Waals surface area contributed by atoms with Crippen molar-refractivity contribution in [2.45, 2.75) is 57.2 Å². The number of fused-ring (bicyclic) bond motifs is 2. The third-order valence-corrected chi connectivity index (χ3v) is 4.30. The van der Waals surface area contributed by atoms with Gasteiger partial charge in [0.25, 0.3) is 0 Å². The predicted octanol–water partition coefficient (Wildman–Crippen LogP) is 1.86. The molecule has 2 aliphatic heterocycles. The highest BCUT2D eigenvalue weighted by molar-refractivity contribution is 5.80. The molecule has 0 saturated carbocycles. The Kier molecular flexibility index (Phi) is 3.46. The molecule has 2 unspecified atom stereocenters. The van der Waals surface area contributed by atoms with Crippen LogP contribution in [0.25, 0.3) is 0 Å². The van der Waals surface area contributed by atoms with Crippen LogP contribution in [0.5, 0.6) is 0 Å². The fourth-order valence-electron chi connectivity index (χ4n) is 3.48. The zero-order chi connectivity index (χ0) is 12.4. The van der Waals surface area contributed by atoms with E-state index in [1.54, 1.807) is 0 Å². The number of rotatable bonds is 4. The first-order valence-corrected chi connectivity index (χ1v) is 7.08. The van der Waals surface area contributed by atoms with E-state index in [2.05, 4.69) is 10.00 Å². The maximum atomic E-state index is 11.6. The minimum Gasteiger partial charge on any atom is -0.300 e. The van der Waals surface area contributed by atoms with Crippen LogP contribution in [0.2, 0.25) is 0 Å². The van der Waals surface area contributed by atoms with Crippen molar-refractivity contribution in [1.82, 2.24) is 14.7 Å². The SMILES string of the molecule is O=C1CC2CCCC(C1)N2CCCn1cccn1. The molecule has 2 saturated heterocycles. The Bertz CT molecular complexity index is 385. The summed E-state index contributed by atoms with van der Waals surface area (Å²) in [7, 11) is 0. The van der Waals surface area contributed by atoms with Gasteiger partial charge in [0.15, 0.2) is 0 Å². The molecule has 4 nitrogen and oxygen atoms in total. The van der Waals surface area contributed by atoms with Crippen LogP contribution in [0.3, 0.4) is 0 Å². The van der Waals surface area contributed by atoms with Crippen molar-refractivity contribution in [2.24, 2.45) is 0 Å². The van der Waals surface area contributed by atoms with Crippen LogP contribution in [0.1, 0.15) is 38.5 Å². The molecule has 2 aliphatic rings. The molecule has 0 aliphatic carbocycles. The first-order valence-electron chi connectivity index (χ1n) is 7.08. The Morgan fingerprint density at radius 2 is 2.00 bits per heavy atom. The number of carbonyl (C=O) groups excluding carboxylic acids is 1. The van der Waals surface area contributed by atoms with Crippen LogP contribution in [0.15, 0.2) is 18.5 Å². The number of carbonyl (C=O) groups is 1. The van der Waals surface area contributed by atoms with Crippen molar-refractivity contribution in [1.29, 1.82) is 0 Å². The summed E-state index contributed by atoms with van der Waals surface area (Å²) in [5, 5.41) is 4.23. The lowest BCUT2D eigenvalue weighted by Crippen LogP contribution is -2.52. The van der Waals surface area contributed by atoms with E-state index in [-0.39, 0.29) is 0 Å². The Labute approximate surface area is 108 Å². The number of aryl methyl sites for hydroxylation is 1. The molecule has 18 heavy (non-hydrogen) atoms. The zero-order valence-corrected chi connectivity index (χ0v) is 10.8. The van der Waals surface area contributed by atoms with E-state index >= 15 is 0 Å². The Hall–Kier alpha value is -1.16. The summed E-state index contributed by atoms with van der Waals surface area (Å²) >= 11 is 0. The van der Waals surface area contributed by atoms with E-state index in [0.29, 0.717) is 17.9 Å². The molecular formula is C14H21N3O. The van der Waals surface area contributed by atoms with Crippen molar-refractivity contribution in [3.63, 3.8) is 0 Å². The van der Waals surface area contributed by atoms with Crippen molar-refractivity contribution in [3.05, 3.63) is 18.5 Å². The van der Waals surface area contributed by atoms with Crippen molar-refractivity contribution >= 4 is 5.78 Å². The van der Waals surface area contributed by atoms with E-state index in [1.165, 1.54) is 19.3 Å². The van der Waals surface area contributed by atoms with Crippen LogP contribution < -0.4 is 0 Å². The molecule has 0 amide bonds. The number of ketones is 1. The summed E-state index contributed by atoms with van der Waals surface area (Å²) in [5.74, 6) is 0.480. The van der Waals surface area contributed by atoms with Gasteiger partial charge in [-0.3, -0.25) is 14.4 Å². The zero-order valence-electron chi connectivity index (χ0n) is 10.8. The van der Waals surface area contributed by atoms with Gasteiger partial charge in [0.05, 0.1) is 0 Å². The number of aromatic nitrogens is 2. The fraction of sp³-hybridized carbons (Fsp3) is 0.714. The van der Waals surface area contributed by atoms with E-state index in [1.807, 2.05) is 23.1 Å². The van der Waals surface area contributed by atoms with Crippen LogP contribution in [0, 0.1) is 0 Å². The fourth-order valence-corrected chi connectivity index (χ4v) is 3.48. The van der Waals surface area contributed by atoms with Gasteiger partial charge in [0.1, 0.15) is 5.78 Å². The number of piperidine rings is 2. The molecule has 98 valence electrons. The highest BCUT2D eigenvalue weighted by Crippen LogP contribution is 2.32. The Morgan fingerprint density at radius 3 is 2.67 bits per heavy atom. The normalized spacial score (nSPS) is 28.6. The van der Waals surface area contributed by atoms with Gasteiger partial charge >= 0.3 is 0 Å². The topological polar surface area (TPSA) is 38.1 Å². The van der Waals surface area contributed by atoms with Crippen LogP contribution in [-0.2, 0) is 11.3 Å². The molecule has 2 fully saturated rings. The van der Waals surface area contributed by atoms with Crippen molar-refractivity contribution in [3.8, 4) is 0 Å². The largest absolute Gasteiger partial charge is 0.300 e. The molecule has 0 aromatic carbocycles. The summed E-state index contributed by atoms with van der Waals surface area (Å²) in [5.41, 5.74) is 0. The highest BCUT2D eigenvalue weighted by atomic mass is 16.1. The first-order chi connectivity index (χ1) is 8.83. The van der Waals surface area contributed by atoms with E-state index in [4.69, 9.17) is 0 Å². The second-order valence-electron chi connectivity index (χ2n) is 5.55. The van der Waals surface area contributed by atoms with Crippen molar-refractivity contribution in [2.75, 3.05) is 6.54 Å². The van der Waals surface area contributed by atoms with E-state index in [0.717, 1.165) is 32.4 Å². The molecule has 2 bridgehead atoms. The quantitative estimate of drug-likeness (QED) is 0.815. The minimum atomic E-state index is 0.480. The maximum absolute atomic E-state index is 11.6. The second-order valence-corrected chi connectivity index (χ2v) is 5.55. The van der Waals surface area contributed by atoms with Gasteiger partial charge in [-0.1, -0.05) is 6.42 Å². The Balaban J connectivity index is 1.54. The second kappa shape index (κ2) is 5.22. The molecule has 2 atom stereocenters. The van der Waals surface area contributed by atoms with Gasteiger partial charge in [-0.25, -0.2) is 0 Å². The van der Waals surface area contributed by atoms with Crippen LogP contribution in [0.4, 0.5) is 0 Å². The lowest BCUT2D eigenvalue weighted by atomic mass is 9.83. The molecule has 1 aromatic heterocycles.